The summed E-state index contributed by atoms with van der Waals surface area (Å²) in [4.78, 5) is 25.4. The molecule has 2 fully saturated rings. The normalized spacial score (nSPS) is 31.4. The average molecular weight is 296 g/mol. The highest BCUT2D eigenvalue weighted by Crippen LogP contribution is 2.23. The van der Waals surface area contributed by atoms with Crippen molar-refractivity contribution < 1.29 is 14.7 Å². The van der Waals surface area contributed by atoms with Crippen molar-refractivity contribution in [2.75, 3.05) is 13.1 Å². The van der Waals surface area contributed by atoms with E-state index in [0.29, 0.717) is 13.0 Å². The van der Waals surface area contributed by atoms with Gasteiger partial charge >= 0.3 is 5.97 Å². The Balaban J connectivity index is 1.83. The fourth-order valence-corrected chi connectivity index (χ4v) is 3.50. The summed E-state index contributed by atoms with van der Waals surface area (Å²) in [7, 11) is 0. The van der Waals surface area contributed by atoms with Crippen LogP contribution < -0.4 is 5.32 Å². The largest absolute Gasteiger partial charge is 0.480 e. The van der Waals surface area contributed by atoms with Crippen LogP contribution in [0.25, 0.3) is 0 Å². The third-order valence-electron chi connectivity index (χ3n) is 4.88. The van der Waals surface area contributed by atoms with Crippen LogP contribution in [0.2, 0.25) is 0 Å². The van der Waals surface area contributed by atoms with Crippen molar-refractivity contribution in [3.05, 3.63) is 0 Å². The number of carbonyl (C=O) groups excluding carboxylic acids is 1. The highest BCUT2D eigenvalue weighted by atomic mass is 16.4. The van der Waals surface area contributed by atoms with E-state index < -0.39 is 12.0 Å². The molecule has 0 radical (unpaired) electrons. The summed E-state index contributed by atoms with van der Waals surface area (Å²) >= 11 is 0. The number of hydrogen-bond donors (Lipinski definition) is 2. The molecule has 0 aromatic heterocycles. The van der Waals surface area contributed by atoms with Gasteiger partial charge in [0.2, 0.25) is 5.91 Å². The first-order valence-corrected chi connectivity index (χ1v) is 8.32. The van der Waals surface area contributed by atoms with E-state index in [1.165, 1.54) is 12.8 Å². The second-order valence-electron chi connectivity index (χ2n) is 6.70. The molecule has 2 rings (SSSR count). The van der Waals surface area contributed by atoms with E-state index in [9.17, 15) is 14.7 Å². The van der Waals surface area contributed by atoms with Crippen molar-refractivity contribution in [1.29, 1.82) is 0 Å². The molecule has 21 heavy (non-hydrogen) atoms. The van der Waals surface area contributed by atoms with Crippen LogP contribution in [0.4, 0.5) is 0 Å². The molecular weight excluding hydrogens is 268 g/mol. The lowest BCUT2D eigenvalue weighted by atomic mass is 9.87. The summed E-state index contributed by atoms with van der Waals surface area (Å²) < 4.78 is 0. The van der Waals surface area contributed by atoms with Gasteiger partial charge in [0, 0.05) is 6.04 Å². The predicted molar refractivity (Wildman–Crippen MR) is 81.0 cm³/mol. The second kappa shape index (κ2) is 7.78. The minimum atomic E-state index is -0.795. The zero-order valence-electron chi connectivity index (χ0n) is 13.0. The monoisotopic (exact) mass is 296 g/mol. The van der Waals surface area contributed by atoms with E-state index in [-0.39, 0.29) is 18.5 Å². The van der Waals surface area contributed by atoms with Crippen LogP contribution in [0.5, 0.6) is 0 Å². The number of aliphatic carboxylic acids is 1. The quantitative estimate of drug-likeness (QED) is 0.832. The Morgan fingerprint density at radius 1 is 1.10 bits per heavy atom. The molecule has 0 spiro atoms. The summed E-state index contributed by atoms with van der Waals surface area (Å²) in [5, 5.41) is 12.4. The van der Waals surface area contributed by atoms with E-state index in [0.717, 1.165) is 38.0 Å². The van der Waals surface area contributed by atoms with Crippen LogP contribution in [0, 0.1) is 5.92 Å². The standard InChI is InChI=1S/C16H28N2O3/c1-12-6-8-13(9-7-12)17-15(19)11-18-10-4-2-3-5-14(18)16(20)21/h12-14H,2-11H2,1H3,(H,17,19)(H,20,21). The molecule has 0 bridgehead atoms. The Bertz CT molecular complexity index is 365. The lowest BCUT2D eigenvalue weighted by Gasteiger charge is -2.29. The first kappa shape index (κ1) is 16.3. The van der Waals surface area contributed by atoms with Gasteiger partial charge in [-0.3, -0.25) is 14.5 Å². The van der Waals surface area contributed by atoms with Crippen LogP contribution in [-0.4, -0.2) is 47.1 Å². The van der Waals surface area contributed by atoms with Crippen molar-refractivity contribution >= 4 is 11.9 Å². The lowest BCUT2D eigenvalue weighted by Crippen LogP contribution is -2.48. The van der Waals surface area contributed by atoms with Gasteiger partial charge in [-0.25, -0.2) is 0 Å². The Kier molecular flexibility index (Phi) is 6.03. The predicted octanol–water partition coefficient (Wildman–Crippen LogP) is 2.01. The van der Waals surface area contributed by atoms with Gasteiger partial charge in [-0.15, -0.1) is 0 Å². The Labute approximate surface area is 127 Å². The third-order valence-corrected chi connectivity index (χ3v) is 4.88. The molecule has 0 aromatic rings. The molecule has 1 unspecified atom stereocenters. The molecule has 1 atom stereocenters. The Morgan fingerprint density at radius 3 is 2.48 bits per heavy atom. The molecule has 1 heterocycles. The van der Waals surface area contributed by atoms with E-state index in [2.05, 4.69) is 12.2 Å². The molecule has 1 saturated heterocycles. The molecule has 1 saturated carbocycles. The van der Waals surface area contributed by atoms with Crippen LogP contribution in [0.3, 0.4) is 0 Å². The summed E-state index contributed by atoms with van der Waals surface area (Å²) in [5.41, 5.74) is 0. The van der Waals surface area contributed by atoms with Gasteiger partial charge in [-0.2, -0.15) is 0 Å². The fourth-order valence-electron chi connectivity index (χ4n) is 3.50. The maximum absolute atomic E-state index is 12.2. The average Bonchev–Trinajstić information content (AvgIpc) is 2.67. The molecule has 0 aromatic carbocycles. The number of hydrogen-bond acceptors (Lipinski definition) is 3. The van der Waals surface area contributed by atoms with Gasteiger partial charge < -0.3 is 10.4 Å². The number of nitrogens with zero attached hydrogens (tertiary/aromatic N) is 1. The van der Waals surface area contributed by atoms with Gasteiger partial charge in [-0.1, -0.05) is 19.8 Å². The van der Waals surface area contributed by atoms with Crippen LogP contribution in [0.15, 0.2) is 0 Å². The number of amides is 1. The van der Waals surface area contributed by atoms with Crippen LogP contribution in [-0.2, 0) is 9.59 Å². The number of carboxylic acid groups (broad SMARTS) is 1. The van der Waals surface area contributed by atoms with Crippen molar-refractivity contribution in [1.82, 2.24) is 10.2 Å². The van der Waals surface area contributed by atoms with Crippen molar-refractivity contribution in [2.45, 2.75) is 70.4 Å². The number of carbonyl (C=O) groups is 2. The molecular formula is C16H28N2O3. The van der Waals surface area contributed by atoms with E-state index in [1.807, 2.05) is 4.90 Å². The summed E-state index contributed by atoms with van der Waals surface area (Å²) in [6, 6.07) is -0.214. The van der Waals surface area contributed by atoms with E-state index in [1.54, 1.807) is 0 Å². The number of carboxylic acids is 1. The molecule has 1 aliphatic carbocycles. The highest BCUT2D eigenvalue weighted by molar-refractivity contribution is 5.80. The smallest absolute Gasteiger partial charge is 0.320 e. The van der Waals surface area contributed by atoms with Crippen LogP contribution >= 0.6 is 0 Å². The minimum Gasteiger partial charge on any atom is -0.480 e. The molecule has 2 aliphatic rings. The molecule has 1 amide bonds. The minimum absolute atomic E-state index is 0.0114. The number of rotatable bonds is 4. The molecule has 1 aliphatic heterocycles. The van der Waals surface area contributed by atoms with Gasteiger partial charge in [0.05, 0.1) is 6.54 Å². The number of nitrogens with one attached hydrogen (secondary N) is 1. The summed E-state index contributed by atoms with van der Waals surface area (Å²) in [5.74, 6) is -0.0426. The molecule has 2 N–H and O–H groups in total. The first-order valence-electron chi connectivity index (χ1n) is 8.32. The third kappa shape index (κ3) is 4.99. The SMILES string of the molecule is CC1CCC(NC(=O)CN2CCCCCC2C(=O)O)CC1. The lowest BCUT2D eigenvalue weighted by molar-refractivity contribution is -0.144. The van der Waals surface area contributed by atoms with Crippen molar-refractivity contribution in [3.8, 4) is 0 Å². The summed E-state index contributed by atoms with van der Waals surface area (Å²) in [6.07, 6.45) is 8.09. The van der Waals surface area contributed by atoms with E-state index in [4.69, 9.17) is 0 Å². The Morgan fingerprint density at radius 2 is 1.81 bits per heavy atom. The molecule has 5 heteroatoms. The van der Waals surface area contributed by atoms with Crippen LogP contribution in [0.1, 0.15) is 58.3 Å². The fraction of sp³-hybridized carbons (Fsp3) is 0.875. The van der Waals surface area contributed by atoms with Crippen molar-refractivity contribution in [3.63, 3.8) is 0 Å². The van der Waals surface area contributed by atoms with Gasteiger partial charge in [0.1, 0.15) is 6.04 Å². The molecule has 120 valence electrons. The maximum Gasteiger partial charge on any atom is 0.320 e. The summed E-state index contributed by atoms with van der Waals surface area (Å²) in [6.45, 7) is 3.20. The number of likely N-dealkylation sites (tertiary alicyclic amines) is 1. The zero-order valence-corrected chi connectivity index (χ0v) is 13.0. The maximum atomic E-state index is 12.2. The van der Waals surface area contributed by atoms with Gasteiger partial charge in [0.25, 0.3) is 0 Å². The molecule has 5 nitrogen and oxygen atoms in total. The Hall–Kier alpha value is -1.10. The zero-order chi connectivity index (χ0) is 15.2. The first-order chi connectivity index (χ1) is 10.1. The highest BCUT2D eigenvalue weighted by Gasteiger charge is 2.29. The van der Waals surface area contributed by atoms with Gasteiger partial charge in [-0.05, 0) is 51.0 Å². The van der Waals surface area contributed by atoms with Gasteiger partial charge in [0.15, 0.2) is 0 Å². The topological polar surface area (TPSA) is 69.6 Å². The second-order valence-corrected chi connectivity index (χ2v) is 6.70. The van der Waals surface area contributed by atoms with Crippen molar-refractivity contribution in [2.24, 2.45) is 5.92 Å². The van der Waals surface area contributed by atoms with E-state index >= 15 is 0 Å².